The highest BCUT2D eigenvalue weighted by molar-refractivity contribution is 7.51. The van der Waals surface area contributed by atoms with Crippen LogP contribution in [0, 0.1) is 0 Å². The van der Waals surface area contributed by atoms with Crippen LogP contribution in [0.5, 0.6) is 0 Å². The number of H-pyrrole nitrogens is 1. The molecule has 4 aromatic heterocycles. The second-order valence-electron chi connectivity index (χ2n) is 10.5. The number of rotatable bonds is 12. The van der Waals surface area contributed by atoms with E-state index in [9.17, 15) is 18.8 Å². The Bertz CT molecular complexity index is 1840. The second kappa shape index (κ2) is 12.6. The number of nitrogen functional groups attached to an aromatic ring is 1. The zero-order valence-corrected chi connectivity index (χ0v) is 25.6. The number of ether oxygens (including phenoxy) is 3. The van der Waals surface area contributed by atoms with Gasteiger partial charge in [0.05, 0.1) is 43.8 Å². The third kappa shape index (κ3) is 7.00. The molecule has 2 aliphatic rings. The number of imidazole rings is 2. The maximum atomic E-state index is 13.1. The molecule has 0 spiro atoms. The lowest BCUT2D eigenvalue weighted by atomic mass is 10.2. The van der Waals surface area contributed by atoms with Gasteiger partial charge in [0.15, 0.2) is 23.0 Å². The first-order valence-electron chi connectivity index (χ1n) is 13.9. The van der Waals surface area contributed by atoms with E-state index in [0.717, 1.165) is 5.69 Å². The Labute approximate surface area is 253 Å². The summed E-state index contributed by atoms with van der Waals surface area (Å²) < 4.78 is 55.4. The van der Waals surface area contributed by atoms with E-state index in [4.69, 9.17) is 38.8 Å². The summed E-state index contributed by atoms with van der Waals surface area (Å²) in [5.41, 5.74) is 7.17. The summed E-state index contributed by atoms with van der Waals surface area (Å²) in [5.74, 6) is -0.195. The van der Waals surface area contributed by atoms with Crippen molar-refractivity contribution in [2.45, 2.75) is 63.4 Å². The molecule has 6 heterocycles. The Kier molecular flexibility index (Phi) is 8.88. The van der Waals surface area contributed by atoms with Crippen molar-refractivity contribution in [1.29, 1.82) is 0 Å². The highest BCUT2D eigenvalue weighted by atomic mass is 31.2. The number of anilines is 1. The lowest BCUT2D eigenvalue weighted by Gasteiger charge is -2.23. The molecule has 6 atom stereocenters. The molecule has 2 fully saturated rings. The van der Waals surface area contributed by atoms with E-state index in [1.54, 1.807) is 10.9 Å². The molecule has 1 unspecified atom stereocenters. The molecule has 20 nitrogen and oxygen atoms in total. The van der Waals surface area contributed by atoms with Gasteiger partial charge in [0.2, 0.25) is 5.95 Å². The smallest absolute Gasteiger partial charge is 0.369 e. The Balaban J connectivity index is 1.13. The molecule has 0 radical (unpaired) electrons. The molecule has 0 amide bonds. The van der Waals surface area contributed by atoms with Crippen molar-refractivity contribution < 1.29 is 47.1 Å². The molecule has 0 saturated carbocycles. The normalized spacial score (nSPS) is 25.4. The highest BCUT2D eigenvalue weighted by Gasteiger charge is 2.43. The molecule has 6 rings (SSSR count). The molecular formula is C23H31N9O11P2. The van der Waals surface area contributed by atoms with Crippen LogP contribution in [0.25, 0.3) is 22.3 Å². The van der Waals surface area contributed by atoms with Crippen molar-refractivity contribution in [3.63, 3.8) is 0 Å². The SMILES string of the molecule is CCc1ncnc2c1ncn2[C@H]1CC[C@@H](COP(=O)(O)O[C@@H]2C[C@@H](COCP(=O)(O)O)O[C@H]2n2cnc3c(=O)[nH]c(N)nc32)O1. The maximum absolute atomic E-state index is 13.1. The predicted octanol–water partition coefficient (Wildman–Crippen LogP) is 0.723. The first-order chi connectivity index (χ1) is 21.4. The van der Waals surface area contributed by atoms with Gasteiger partial charge in [0, 0.05) is 6.42 Å². The van der Waals surface area contributed by atoms with Gasteiger partial charge >= 0.3 is 15.4 Å². The Hall–Kier alpha value is -3.16. The third-order valence-electron chi connectivity index (χ3n) is 7.29. The van der Waals surface area contributed by atoms with Crippen molar-refractivity contribution in [2.24, 2.45) is 0 Å². The van der Waals surface area contributed by atoms with Crippen molar-refractivity contribution in [1.82, 2.24) is 39.0 Å². The van der Waals surface area contributed by atoms with Crippen LogP contribution in [0.3, 0.4) is 0 Å². The molecule has 22 heteroatoms. The quantitative estimate of drug-likeness (QED) is 0.130. The molecule has 244 valence electrons. The van der Waals surface area contributed by atoms with Gasteiger partial charge in [-0.3, -0.25) is 32.5 Å². The molecule has 0 aliphatic carbocycles. The molecule has 2 aliphatic heterocycles. The van der Waals surface area contributed by atoms with E-state index in [0.29, 0.717) is 30.4 Å². The van der Waals surface area contributed by atoms with Crippen LogP contribution in [-0.4, -0.2) is 91.6 Å². The highest BCUT2D eigenvalue weighted by Crippen LogP contribution is 2.50. The first-order valence-corrected chi connectivity index (χ1v) is 17.2. The van der Waals surface area contributed by atoms with Crippen LogP contribution in [-0.2, 0) is 38.8 Å². The van der Waals surface area contributed by atoms with Crippen LogP contribution in [0.1, 0.15) is 44.3 Å². The van der Waals surface area contributed by atoms with Gasteiger partial charge in [-0.15, -0.1) is 0 Å². The van der Waals surface area contributed by atoms with Crippen LogP contribution >= 0.6 is 15.4 Å². The number of fused-ring (bicyclic) bond motifs is 2. The van der Waals surface area contributed by atoms with Gasteiger partial charge in [-0.05, 0) is 19.3 Å². The van der Waals surface area contributed by atoms with E-state index in [2.05, 4.69) is 29.9 Å². The molecule has 2 saturated heterocycles. The summed E-state index contributed by atoms with van der Waals surface area (Å²) in [4.78, 5) is 64.7. The standard InChI is InChI=1S/C23H31N9O11P2/c1-2-14-17-19(26-8-25-14)31(9-27-17)16-4-3-12(41-16)7-40-45(37,38)43-15-5-13(6-39-11-44(34,35)36)42-22(15)32-10-28-18-20(32)29-23(24)30-21(18)33/h8-10,12-13,15-16,22H,2-7,11H2,1H3,(H,37,38)(H2,34,35,36)(H3,24,29,30,33)/t12-,13-,15+,16+,22+/m0/s1. The summed E-state index contributed by atoms with van der Waals surface area (Å²) in [7, 11) is -9.18. The van der Waals surface area contributed by atoms with Gasteiger partial charge in [0.1, 0.15) is 30.5 Å². The fourth-order valence-corrected chi connectivity index (χ4v) is 6.65. The van der Waals surface area contributed by atoms with Gasteiger partial charge in [0.25, 0.3) is 5.56 Å². The summed E-state index contributed by atoms with van der Waals surface area (Å²) in [5, 5.41) is 0. The molecule has 6 N–H and O–H groups in total. The summed E-state index contributed by atoms with van der Waals surface area (Å²) in [6.07, 6.45) is 1.13. The van der Waals surface area contributed by atoms with Gasteiger partial charge in [-0.2, -0.15) is 4.98 Å². The van der Waals surface area contributed by atoms with E-state index in [1.807, 2.05) is 6.92 Å². The monoisotopic (exact) mass is 671 g/mol. The van der Waals surface area contributed by atoms with Crippen molar-refractivity contribution >= 4 is 43.7 Å². The average molecular weight is 672 g/mol. The first kappa shape index (κ1) is 31.8. The Morgan fingerprint density at radius 2 is 1.80 bits per heavy atom. The molecule has 4 aromatic rings. The van der Waals surface area contributed by atoms with Crippen molar-refractivity contribution in [3.8, 4) is 0 Å². The van der Waals surface area contributed by atoms with E-state index in [1.165, 1.54) is 17.2 Å². The fraction of sp³-hybridized carbons (Fsp3) is 0.565. The minimum atomic E-state index is -4.73. The lowest BCUT2D eigenvalue weighted by Crippen LogP contribution is -2.24. The summed E-state index contributed by atoms with van der Waals surface area (Å²) in [6, 6.07) is 0. The van der Waals surface area contributed by atoms with E-state index < -0.39 is 58.1 Å². The molecule has 0 bridgehead atoms. The van der Waals surface area contributed by atoms with Crippen molar-refractivity contribution in [2.75, 3.05) is 25.3 Å². The third-order valence-corrected chi connectivity index (χ3v) is 8.82. The van der Waals surface area contributed by atoms with Gasteiger partial charge in [-0.1, -0.05) is 6.92 Å². The number of hydrogen-bond donors (Lipinski definition) is 5. The van der Waals surface area contributed by atoms with Crippen LogP contribution in [0.4, 0.5) is 5.95 Å². The number of aromatic nitrogens is 8. The lowest BCUT2D eigenvalue weighted by molar-refractivity contribution is -0.0598. The topological polar surface area (TPSA) is 274 Å². The minimum absolute atomic E-state index is 0.0223. The van der Waals surface area contributed by atoms with Crippen molar-refractivity contribution in [3.05, 3.63) is 35.0 Å². The summed E-state index contributed by atoms with van der Waals surface area (Å²) in [6.45, 7) is 1.44. The van der Waals surface area contributed by atoms with Gasteiger partial charge < -0.3 is 34.6 Å². The van der Waals surface area contributed by atoms with Crippen LogP contribution < -0.4 is 11.3 Å². The number of nitrogens with zero attached hydrogens (tertiary/aromatic N) is 7. The largest absolute Gasteiger partial charge is 0.472 e. The zero-order chi connectivity index (χ0) is 31.9. The van der Waals surface area contributed by atoms with Gasteiger partial charge in [-0.25, -0.2) is 24.5 Å². The Morgan fingerprint density at radius 3 is 2.58 bits per heavy atom. The Morgan fingerprint density at radius 1 is 1.02 bits per heavy atom. The number of phosphoric acid groups is 1. The number of aromatic amines is 1. The number of phosphoric ester groups is 1. The molecule has 45 heavy (non-hydrogen) atoms. The number of aryl methyl sites for hydroxylation is 1. The minimum Gasteiger partial charge on any atom is -0.369 e. The van der Waals surface area contributed by atoms with E-state index in [-0.39, 0.29) is 36.7 Å². The number of nitrogens with two attached hydrogens (primary N) is 1. The van der Waals surface area contributed by atoms with Crippen LogP contribution in [0.2, 0.25) is 0 Å². The average Bonchev–Trinajstić information content (AvgIpc) is 3.76. The second-order valence-corrected chi connectivity index (χ2v) is 13.5. The van der Waals surface area contributed by atoms with E-state index >= 15 is 0 Å². The number of hydrogen-bond acceptors (Lipinski definition) is 14. The fourth-order valence-electron chi connectivity index (χ4n) is 5.36. The maximum Gasteiger partial charge on any atom is 0.472 e. The molecular weight excluding hydrogens is 640 g/mol. The summed E-state index contributed by atoms with van der Waals surface area (Å²) >= 11 is 0. The van der Waals surface area contributed by atoms with Crippen LogP contribution in [0.15, 0.2) is 23.8 Å². The number of nitrogens with one attached hydrogen (secondary N) is 1. The predicted molar refractivity (Wildman–Crippen MR) is 152 cm³/mol. The zero-order valence-electron chi connectivity index (χ0n) is 23.8. The molecule has 0 aromatic carbocycles.